The van der Waals surface area contributed by atoms with E-state index in [1.165, 1.54) is 38.5 Å². The third-order valence-electron chi connectivity index (χ3n) is 5.40. The van der Waals surface area contributed by atoms with E-state index in [9.17, 15) is 4.79 Å². The summed E-state index contributed by atoms with van der Waals surface area (Å²) < 4.78 is 6.30. The first kappa shape index (κ1) is 13.4. The van der Waals surface area contributed by atoms with Gasteiger partial charge in [0, 0.05) is 19.6 Å². The van der Waals surface area contributed by atoms with Crippen LogP contribution in [0.15, 0.2) is 0 Å². The van der Waals surface area contributed by atoms with Gasteiger partial charge in [0.2, 0.25) is 0 Å². The molecule has 0 aromatic heterocycles. The van der Waals surface area contributed by atoms with Gasteiger partial charge in [-0.15, -0.1) is 0 Å². The molecule has 0 amide bonds. The summed E-state index contributed by atoms with van der Waals surface area (Å²) >= 11 is 0. The van der Waals surface area contributed by atoms with Gasteiger partial charge in [-0.25, -0.2) is 0 Å². The molecule has 3 fully saturated rings. The van der Waals surface area contributed by atoms with Crippen molar-refractivity contribution in [1.29, 1.82) is 0 Å². The maximum Gasteiger partial charge on any atom is 0.306 e. The van der Waals surface area contributed by atoms with Crippen LogP contribution in [0.2, 0.25) is 0 Å². The predicted molar refractivity (Wildman–Crippen MR) is 72.0 cm³/mol. The molecule has 3 aliphatic rings. The minimum absolute atomic E-state index is 0.207. The van der Waals surface area contributed by atoms with E-state index in [2.05, 4.69) is 4.90 Å². The van der Waals surface area contributed by atoms with E-state index in [-0.39, 0.29) is 11.5 Å². The maximum absolute atomic E-state index is 10.9. The third-order valence-corrected chi connectivity index (χ3v) is 5.40. The molecule has 1 aliphatic carbocycles. The molecule has 1 N–H and O–H groups in total. The van der Waals surface area contributed by atoms with Gasteiger partial charge in [-0.2, -0.15) is 0 Å². The molecule has 2 atom stereocenters. The zero-order chi connectivity index (χ0) is 13.5. The Kier molecular flexibility index (Phi) is 3.56. The number of rotatable bonds is 4. The first-order chi connectivity index (χ1) is 9.08. The van der Waals surface area contributed by atoms with Crippen LogP contribution in [0.3, 0.4) is 0 Å². The molecule has 108 valence electrons. The molecule has 19 heavy (non-hydrogen) atoms. The summed E-state index contributed by atoms with van der Waals surface area (Å²) in [6.45, 7) is 4.69. The summed E-state index contributed by atoms with van der Waals surface area (Å²) in [5, 5.41) is 8.98. The third kappa shape index (κ3) is 2.65. The summed E-state index contributed by atoms with van der Waals surface area (Å²) in [5.41, 5.74) is 0.225. The number of aliphatic carboxylic acids is 1. The lowest BCUT2D eigenvalue weighted by atomic mass is 9.87. The summed E-state index contributed by atoms with van der Waals surface area (Å²) in [6, 6.07) is 0. The van der Waals surface area contributed by atoms with Gasteiger partial charge >= 0.3 is 5.97 Å². The first-order valence-corrected chi connectivity index (χ1v) is 7.71. The number of carboxylic acid groups (broad SMARTS) is 1. The summed E-state index contributed by atoms with van der Waals surface area (Å²) in [5.74, 6) is -0.534. The molecule has 0 bridgehead atoms. The van der Waals surface area contributed by atoms with Crippen LogP contribution < -0.4 is 0 Å². The van der Waals surface area contributed by atoms with Gasteiger partial charge in [0.1, 0.15) is 0 Å². The Balaban J connectivity index is 1.41. The van der Waals surface area contributed by atoms with E-state index < -0.39 is 5.97 Å². The van der Waals surface area contributed by atoms with Crippen LogP contribution in [0.25, 0.3) is 0 Å². The standard InChI is InChI=1S/C15H25NO3/c1-11(14(17)18)12-8-16(9-12)10-13-4-7-15(19-13)5-2-3-6-15/h11-13H,2-10H2,1H3,(H,17,18). The van der Waals surface area contributed by atoms with Gasteiger partial charge in [-0.1, -0.05) is 19.8 Å². The molecule has 1 saturated carbocycles. The second kappa shape index (κ2) is 5.06. The maximum atomic E-state index is 10.9. The van der Waals surface area contributed by atoms with Gasteiger partial charge in [0.05, 0.1) is 17.6 Å². The van der Waals surface area contributed by atoms with Crippen LogP contribution in [0.5, 0.6) is 0 Å². The van der Waals surface area contributed by atoms with Crippen molar-refractivity contribution in [3.05, 3.63) is 0 Å². The number of carboxylic acids is 1. The predicted octanol–water partition coefficient (Wildman–Crippen LogP) is 2.13. The zero-order valence-electron chi connectivity index (χ0n) is 11.8. The van der Waals surface area contributed by atoms with E-state index in [1.54, 1.807) is 0 Å². The monoisotopic (exact) mass is 267 g/mol. The fourth-order valence-corrected chi connectivity index (χ4v) is 3.98. The van der Waals surface area contributed by atoms with Crippen molar-refractivity contribution in [2.45, 2.75) is 57.2 Å². The highest BCUT2D eigenvalue weighted by molar-refractivity contribution is 5.70. The number of nitrogens with zero attached hydrogens (tertiary/aromatic N) is 1. The van der Waals surface area contributed by atoms with E-state index in [0.29, 0.717) is 12.0 Å². The molecule has 2 aliphatic heterocycles. The van der Waals surface area contributed by atoms with Gasteiger partial charge in [-0.05, 0) is 31.6 Å². The normalized spacial score (nSPS) is 32.6. The van der Waals surface area contributed by atoms with E-state index in [4.69, 9.17) is 9.84 Å². The van der Waals surface area contributed by atoms with Gasteiger partial charge in [0.15, 0.2) is 0 Å². The van der Waals surface area contributed by atoms with Gasteiger partial charge in [0.25, 0.3) is 0 Å². The first-order valence-electron chi connectivity index (χ1n) is 7.71. The Labute approximate surface area is 115 Å². The van der Waals surface area contributed by atoms with Crippen LogP contribution in [0.1, 0.15) is 45.4 Å². The van der Waals surface area contributed by atoms with Crippen LogP contribution in [-0.2, 0) is 9.53 Å². The number of ether oxygens (including phenoxy) is 1. The molecule has 4 heteroatoms. The number of hydrogen-bond acceptors (Lipinski definition) is 3. The van der Waals surface area contributed by atoms with Crippen molar-refractivity contribution in [2.24, 2.45) is 11.8 Å². The molecule has 1 spiro atoms. The van der Waals surface area contributed by atoms with Crippen molar-refractivity contribution < 1.29 is 14.6 Å². The molecule has 2 heterocycles. The summed E-state index contributed by atoms with van der Waals surface area (Å²) in [7, 11) is 0. The quantitative estimate of drug-likeness (QED) is 0.847. The summed E-state index contributed by atoms with van der Waals surface area (Å²) in [6.07, 6.45) is 7.98. The second-order valence-electron chi connectivity index (χ2n) is 6.77. The summed E-state index contributed by atoms with van der Waals surface area (Å²) in [4.78, 5) is 13.3. The Hall–Kier alpha value is -0.610. The topological polar surface area (TPSA) is 49.8 Å². The highest BCUT2D eigenvalue weighted by Crippen LogP contribution is 2.43. The molecule has 3 rings (SSSR count). The van der Waals surface area contributed by atoms with E-state index >= 15 is 0 Å². The molecule has 4 nitrogen and oxygen atoms in total. The SMILES string of the molecule is CC(C(=O)O)C1CN(CC2CCC3(CCCC3)O2)C1. The van der Waals surface area contributed by atoms with E-state index in [0.717, 1.165) is 19.6 Å². The van der Waals surface area contributed by atoms with Crippen LogP contribution in [0.4, 0.5) is 0 Å². The van der Waals surface area contributed by atoms with Crippen LogP contribution in [-0.4, -0.2) is 47.3 Å². The Bertz CT molecular complexity index is 345. The Morgan fingerprint density at radius 2 is 2.05 bits per heavy atom. The van der Waals surface area contributed by atoms with Crippen molar-refractivity contribution in [3.8, 4) is 0 Å². The minimum atomic E-state index is -0.660. The van der Waals surface area contributed by atoms with Crippen molar-refractivity contribution in [2.75, 3.05) is 19.6 Å². The van der Waals surface area contributed by atoms with Crippen molar-refractivity contribution in [3.63, 3.8) is 0 Å². The number of carbonyl (C=O) groups is 1. The van der Waals surface area contributed by atoms with E-state index in [1.807, 2.05) is 6.92 Å². The average Bonchev–Trinajstić information content (AvgIpc) is 2.93. The average molecular weight is 267 g/mol. The lowest BCUT2D eigenvalue weighted by molar-refractivity contribution is -0.146. The minimum Gasteiger partial charge on any atom is -0.481 e. The molecular weight excluding hydrogens is 242 g/mol. The Morgan fingerprint density at radius 3 is 2.68 bits per heavy atom. The van der Waals surface area contributed by atoms with Gasteiger partial charge in [-0.3, -0.25) is 4.79 Å². The molecule has 0 aromatic rings. The Morgan fingerprint density at radius 1 is 1.37 bits per heavy atom. The fourth-order valence-electron chi connectivity index (χ4n) is 3.98. The smallest absolute Gasteiger partial charge is 0.306 e. The molecule has 0 radical (unpaired) electrons. The molecule has 0 aromatic carbocycles. The second-order valence-corrected chi connectivity index (χ2v) is 6.77. The van der Waals surface area contributed by atoms with Crippen molar-refractivity contribution in [1.82, 2.24) is 4.90 Å². The molecule has 2 saturated heterocycles. The molecule has 2 unspecified atom stereocenters. The number of hydrogen-bond donors (Lipinski definition) is 1. The van der Waals surface area contributed by atoms with Gasteiger partial charge < -0.3 is 14.7 Å². The van der Waals surface area contributed by atoms with Crippen LogP contribution in [0, 0.1) is 11.8 Å². The molecular formula is C15H25NO3. The number of likely N-dealkylation sites (tertiary alicyclic amines) is 1. The van der Waals surface area contributed by atoms with Crippen molar-refractivity contribution >= 4 is 5.97 Å². The highest BCUT2D eigenvalue weighted by Gasteiger charge is 2.44. The highest BCUT2D eigenvalue weighted by atomic mass is 16.5. The largest absolute Gasteiger partial charge is 0.481 e. The van der Waals surface area contributed by atoms with Crippen LogP contribution >= 0.6 is 0 Å². The lowest BCUT2D eigenvalue weighted by Crippen LogP contribution is -2.53. The lowest BCUT2D eigenvalue weighted by Gasteiger charge is -2.42. The zero-order valence-corrected chi connectivity index (χ0v) is 11.8. The fraction of sp³-hybridized carbons (Fsp3) is 0.933.